The van der Waals surface area contributed by atoms with Crippen LogP contribution in [0.2, 0.25) is 0 Å². The van der Waals surface area contributed by atoms with Crippen molar-refractivity contribution in [1.29, 1.82) is 0 Å². The molecule has 0 saturated carbocycles. The van der Waals surface area contributed by atoms with E-state index >= 15 is 0 Å². The Balaban J connectivity index is 0.00000364. The van der Waals surface area contributed by atoms with E-state index in [1.54, 1.807) is 26.7 Å². The van der Waals surface area contributed by atoms with E-state index in [4.69, 9.17) is 9.47 Å². The first-order chi connectivity index (χ1) is 12.7. The predicted molar refractivity (Wildman–Crippen MR) is 119 cm³/mol. The average Bonchev–Trinajstić information content (AvgIpc) is 3.16. The van der Waals surface area contributed by atoms with E-state index in [9.17, 15) is 0 Å². The number of methoxy groups -OCH3 is 1. The van der Waals surface area contributed by atoms with Crippen molar-refractivity contribution in [2.24, 2.45) is 4.99 Å². The summed E-state index contributed by atoms with van der Waals surface area (Å²) in [5, 5.41) is 6.64. The molecule has 1 heterocycles. The van der Waals surface area contributed by atoms with Gasteiger partial charge in [-0.2, -0.15) is 0 Å². The normalized spacial score (nSPS) is 11.0. The number of hydrogen-bond donors (Lipinski definition) is 2. The Bertz CT molecular complexity index is 677. The molecule has 0 spiro atoms. The van der Waals surface area contributed by atoms with Crippen molar-refractivity contribution in [1.82, 2.24) is 20.2 Å². The van der Waals surface area contributed by atoms with Crippen molar-refractivity contribution < 1.29 is 9.47 Å². The van der Waals surface area contributed by atoms with Crippen LogP contribution >= 0.6 is 24.0 Å². The molecule has 0 aliphatic rings. The van der Waals surface area contributed by atoms with E-state index in [0.29, 0.717) is 19.8 Å². The molecule has 0 saturated heterocycles. The maximum absolute atomic E-state index is 5.93. The van der Waals surface area contributed by atoms with Crippen LogP contribution in [0.15, 0.2) is 41.9 Å². The van der Waals surface area contributed by atoms with Gasteiger partial charge in [-0.05, 0) is 18.6 Å². The third-order valence-corrected chi connectivity index (χ3v) is 3.86. The summed E-state index contributed by atoms with van der Waals surface area (Å²) in [6, 6.07) is 6.25. The Labute approximate surface area is 178 Å². The number of ether oxygens (including phenoxy) is 2. The van der Waals surface area contributed by atoms with Gasteiger partial charge in [0.1, 0.15) is 5.75 Å². The van der Waals surface area contributed by atoms with Gasteiger partial charge in [0.2, 0.25) is 0 Å². The first kappa shape index (κ1) is 23.2. The van der Waals surface area contributed by atoms with Crippen LogP contribution in [0.3, 0.4) is 0 Å². The lowest BCUT2D eigenvalue weighted by Gasteiger charge is -2.15. The SMILES string of the molecule is CN=C(NCCn1ccnc1)NCc1ccc(C)cc1OCCCOC.I. The number of guanidine groups is 1. The van der Waals surface area contributed by atoms with Crippen LogP contribution in [0.5, 0.6) is 5.75 Å². The molecule has 150 valence electrons. The summed E-state index contributed by atoms with van der Waals surface area (Å²) >= 11 is 0. The quantitative estimate of drug-likeness (QED) is 0.233. The second-order valence-corrected chi connectivity index (χ2v) is 5.96. The minimum atomic E-state index is 0. The molecule has 0 aliphatic heterocycles. The Kier molecular flexibility index (Phi) is 11.5. The minimum absolute atomic E-state index is 0. The number of rotatable bonds is 10. The molecule has 8 heteroatoms. The molecule has 0 atom stereocenters. The van der Waals surface area contributed by atoms with Crippen LogP contribution < -0.4 is 15.4 Å². The van der Waals surface area contributed by atoms with E-state index in [1.165, 1.54) is 5.56 Å². The van der Waals surface area contributed by atoms with Crippen LogP contribution in [0.1, 0.15) is 17.5 Å². The summed E-state index contributed by atoms with van der Waals surface area (Å²) < 4.78 is 13.0. The van der Waals surface area contributed by atoms with Gasteiger partial charge in [-0.15, -0.1) is 24.0 Å². The maximum atomic E-state index is 5.93. The summed E-state index contributed by atoms with van der Waals surface area (Å²) in [6.07, 6.45) is 6.39. The lowest BCUT2D eigenvalue weighted by Crippen LogP contribution is -2.38. The van der Waals surface area contributed by atoms with E-state index in [-0.39, 0.29) is 24.0 Å². The van der Waals surface area contributed by atoms with Gasteiger partial charge in [0.25, 0.3) is 0 Å². The number of nitrogens with zero attached hydrogens (tertiary/aromatic N) is 3. The van der Waals surface area contributed by atoms with Crippen LogP contribution in [-0.4, -0.2) is 49.4 Å². The van der Waals surface area contributed by atoms with Gasteiger partial charge in [-0.1, -0.05) is 12.1 Å². The van der Waals surface area contributed by atoms with Gasteiger partial charge in [-0.25, -0.2) is 4.98 Å². The summed E-state index contributed by atoms with van der Waals surface area (Å²) in [6.45, 7) is 5.65. The highest BCUT2D eigenvalue weighted by Crippen LogP contribution is 2.20. The number of nitrogens with one attached hydrogen (secondary N) is 2. The zero-order chi connectivity index (χ0) is 18.6. The fourth-order valence-electron chi connectivity index (χ4n) is 2.45. The van der Waals surface area contributed by atoms with Crippen molar-refractivity contribution in [2.75, 3.05) is 33.9 Å². The summed E-state index contributed by atoms with van der Waals surface area (Å²) in [5.74, 6) is 1.67. The molecule has 0 amide bonds. The molecule has 7 nitrogen and oxygen atoms in total. The molecule has 0 radical (unpaired) electrons. The number of halogens is 1. The lowest BCUT2D eigenvalue weighted by molar-refractivity contribution is 0.172. The van der Waals surface area contributed by atoms with E-state index in [1.807, 2.05) is 10.8 Å². The molecular formula is C19H30IN5O2. The molecule has 1 aromatic carbocycles. The van der Waals surface area contributed by atoms with Crippen molar-refractivity contribution in [2.45, 2.75) is 26.4 Å². The second-order valence-electron chi connectivity index (χ2n) is 5.96. The van der Waals surface area contributed by atoms with Crippen LogP contribution in [0.4, 0.5) is 0 Å². The van der Waals surface area contributed by atoms with E-state index < -0.39 is 0 Å². The number of aromatic nitrogens is 2. The van der Waals surface area contributed by atoms with E-state index in [2.05, 4.69) is 45.7 Å². The molecule has 2 N–H and O–H groups in total. The summed E-state index contributed by atoms with van der Waals surface area (Å²) in [5.41, 5.74) is 2.28. The largest absolute Gasteiger partial charge is 0.493 e. The first-order valence-electron chi connectivity index (χ1n) is 8.84. The maximum Gasteiger partial charge on any atom is 0.191 e. The fourth-order valence-corrected chi connectivity index (χ4v) is 2.45. The Morgan fingerprint density at radius 3 is 2.81 bits per heavy atom. The summed E-state index contributed by atoms with van der Waals surface area (Å²) in [7, 11) is 3.47. The number of imidazole rings is 1. The highest BCUT2D eigenvalue weighted by Gasteiger charge is 2.06. The molecule has 2 aromatic rings. The van der Waals surface area contributed by atoms with Gasteiger partial charge in [0.05, 0.1) is 12.9 Å². The van der Waals surface area contributed by atoms with E-state index in [0.717, 1.165) is 36.8 Å². The highest BCUT2D eigenvalue weighted by molar-refractivity contribution is 14.0. The predicted octanol–water partition coefficient (Wildman–Crippen LogP) is 2.59. The van der Waals surface area contributed by atoms with Crippen molar-refractivity contribution in [3.63, 3.8) is 0 Å². The highest BCUT2D eigenvalue weighted by atomic mass is 127. The zero-order valence-electron chi connectivity index (χ0n) is 16.3. The Morgan fingerprint density at radius 2 is 2.11 bits per heavy atom. The molecular weight excluding hydrogens is 457 g/mol. The van der Waals surface area contributed by atoms with Crippen LogP contribution in [-0.2, 0) is 17.8 Å². The molecule has 1 aromatic heterocycles. The second kappa shape index (κ2) is 13.4. The van der Waals surface area contributed by atoms with Gasteiger partial charge < -0.3 is 24.7 Å². The van der Waals surface area contributed by atoms with Crippen molar-refractivity contribution in [3.8, 4) is 5.75 Å². The Morgan fingerprint density at radius 1 is 1.26 bits per heavy atom. The molecule has 0 aliphatic carbocycles. The molecule has 0 unspecified atom stereocenters. The minimum Gasteiger partial charge on any atom is -0.493 e. The van der Waals surface area contributed by atoms with Gasteiger partial charge >= 0.3 is 0 Å². The van der Waals surface area contributed by atoms with Crippen molar-refractivity contribution in [3.05, 3.63) is 48.0 Å². The number of benzene rings is 1. The molecule has 27 heavy (non-hydrogen) atoms. The van der Waals surface area contributed by atoms with Gasteiger partial charge in [-0.3, -0.25) is 4.99 Å². The van der Waals surface area contributed by atoms with Crippen LogP contribution in [0.25, 0.3) is 0 Å². The Hall–Kier alpha value is -1.81. The van der Waals surface area contributed by atoms with Crippen LogP contribution in [0, 0.1) is 6.92 Å². The monoisotopic (exact) mass is 487 g/mol. The topological polar surface area (TPSA) is 72.7 Å². The van der Waals surface area contributed by atoms with Crippen molar-refractivity contribution >= 4 is 29.9 Å². The standard InChI is InChI=1S/C19H29N5O2.HI/c1-16-5-6-17(18(13-16)26-12-4-11-25-3)14-23-19(20-2)22-8-10-24-9-7-21-15-24;/h5-7,9,13,15H,4,8,10-12,14H2,1-3H3,(H2,20,22,23);1H. The van der Waals surface area contributed by atoms with Gasteiger partial charge in [0.15, 0.2) is 5.96 Å². The number of hydrogen-bond acceptors (Lipinski definition) is 4. The number of aryl methyl sites for hydroxylation is 1. The average molecular weight is 487 g/mol. The summed E-state index contributed by atoms with van der Waals surface area (Å²) in [4.78, 5) is 8.30. The fraction of sp³-hybridized carbons (Fsp3) is 0.474. The first-order valence-corrected chi connectivity index (χ1v) is 8.84. The molecule has 0 bridgehead atoms. The third-order valence-electron chi connectivity index (χ3n) is 3.86. The smallest absolute Gasteiger partial charge is 0.191 e. The third kappa shape index (κ3) is 8.61. The molecule has 2 rings (SSSR count). The zero-order valence-corrected chi connectivity index (χ0v) is 18.6. The van der Waals surface area contributed by atoms with Gasteiger partial charge in [0, 0.05) is 64.8 Å². The number of aliphatic imine (C=N–C) groups is 1. The lowest BCUT2D eigenvalue weighted by atomic mass is 10.1. The molecule has 0 fully saturated rings.